The molecule has 0 amide bonds. The molecular weight excluding hydrogens is 386 g/mol. The van der Waals surface area contributed by atoms with Crippen molar-refractivity contribution in [3.63, 3.8) is 0 Å². The first-order valence-electron chi connectivity index (χ1n) is 9.68. The second-order valence-electron chi connectivity index (χ2n) is 6.75. The van der Waals surface area contributed by atoms with Crippen LogP contribution in [0.2, 0.25) is 0 Å². The minimum atomic E-state index is -0.320. The fraction of sp³-hybridized carbons (Fsp3) is 0.333. The fourth-order valence-corrected chi connectivity index (χ4v) is 4.64. The third-order valence-electron chi connectivity index (χ3n) is 4.93. The molecule has 0 spiro atoms. The summed E-state index contributed by atoms with van der Waals surface area (Å²) in [6, 6.07) is 8.05. The molecule has 3 heterocycles. The number of esters is 1. The largest absolute Gasteiger partial charge is 0.462 e. The van der Waals surface area contributed by atoms with Gasteiger partial charge in [-0.2, -0.15) is 0 Å². The maximum absolute atomic E-state index is 12.3. The number of anilines is 1. The number of aryl methyl sites for hydroxylation is 2. The summed E-state index contributed by atoms with van der Waals surface area (Å²) in [5.74, 6) is 1.32. The van der Waals surface area contributed by atoms with E-state index in [1.54, 1.807) is 6.92 Å². The van der Waals surface area contributed by atoms with Crippen molar-refractivity contribution in [1.29, 1.82) is 0 Å². The van der Waals surface area contributed by atoms with E-state index in [-0.39, 0.29) is 12.0 Å². The number of imidazole rings is 1. The number of hydrogen-bond donors (Lipinski definition) is 1. The molecule has 29 heavy (non-hydrogen) atoms. The van der Waals surface area contributed by atoms with E-state index in [1.165, 1.54) is 17.7 Å². The molecule has 0 saturated carbocycles. The van der Waals surface area contributed by atoms with E-state index >= 15 is 0 Å². The van der Waals surface area contributed by atoms with Gasteiger partial charge in [0.25, 0.3) is 0 Å². The minimum Gasteiger partial charge on any atom is -0.462 e. The van der Waals surface area contributed by atoms with E-state index in [1.807, 2.05) is 25.1 Å². The number of aromatic nitrogens is 4. The van der Waals surface area contributed by atoms with Crippen LogP contribution in [0.25, 0.3) is 21.3 Å². The van der Waals surface area contributed by atoms with Gasteiger partial charge < -0.3 is 14.6 Å². The Bertz CT molecular complexity index is 1200. The highest BCUT2D eigenvalue weighted by Crippen LogP contribution is 2.35. The van der Waals surface area contributed by atoms with Crippen molar-refractivity contribution in [2.45, 2.75) is 40.3 Å². The standard InChI is InChI=1S/C21H23N5O2S/c1-5-26-15-10-8-7-9-14(15)25-19(26)13(4)24-18-16-12(3)17(21(27)28-6-2)29-20(16)23-11-22-18/h7-11,13H,5-6H2,1-4H3,(H,22,23,24). The Morgan fingerprint density at radius 3 is 2.83 bits per heavy atom. The Morgan fingerprint density at radius 1 is 1.28 bits per heavy atom. The second-order valence-corrected chi connectivity index (χ2v) is 7.75. The molecule has 0 aliphatic rings. The Morgan fingerprint density at radius 2 is 2.07 bits per heavy atom. The van der Waals surface area contributed by atoms with Gasteiger partial charge in [-0.05, 0) is 45.4 Å². The van der Waals surface area contributed by atoms with Crippen molar-refractivity contribution in [2.24, 2.45) is 0 Å². The predicted molar refractivity (Wildman–Crippen MR) is 116 cm³/mol. The van der Waals surface area contributed by atoms with Crippen LogP contribution in [0.15, 0.2) is 30.6 Å². The summed E-state index contributed by atoms with van der Waals surface area (Å²) in [5.41, 5.74) is 2.92. The molecule has 1 atom stereocenters. The van der Waals surface area contributed by atoms with Gasteiger partial charge in [-0.25, -0.2) is 19.7 Å². The third-order valence-corrected chi connectivity index (χ3v) is 6.11. The van der Waals surface area contributed by atoms with Crippen LogP contribution in [-0.2, 0) is 11.3 Å². The third kappa shape index (κ3) is 3.33. The number of ether oxygens (including phenoxy) is 1. The number of hydrogen-bond acceptors (Lipinski definition) is 7. The maximum Gasteiger partial charge on any atom is 0.348 e. The number of thiophene rings is 1. The van der Waals surface area contributed by atoms with E-state index in [9.17, 15) is 4.79 Å². The summed E-state index contributed by atoms with van der Waals surface area (Å²) in [7, 11) is 0. The lowest BCUT2D eigenvalue weighted by Gasteiger charge is -2.16. The number of para-hydroxylation sites is 2. The van der Waals surface area contributed by atoms with Crippen molar-refractivity contribution in [3.05, 3.63) is 46.9 Å². The molecule has 1 N–H and O–H groups in total. The first-order valence-corrected chi connectivity index (χ1v) is 10.5. The van der Waals surface area contributed by atoms with Crippen LogP contribution in [0.1, 0.15) is 47.9 Å². The zero-order valence-electron chi connectivity index (χ0n) is 16.9. The molecule has 3 aromatic heterocycles. The number of carbonyl (C=O) groups excluding carboxylic acids is 1. The maximum atomic E-state index is 12.3. The SMILES string of the molecule is CCOC(=O)c1sc2ncnc(NC(C)c3nc4ccccc4n3CC)c2c1C. The number of nitrogens with one attached hydrogen (secondary N) is 1. The van der Waals surface area contributed by atoms with Gasteiger partial charge in [-0.3, -0.25) is 0 Å². The van der Waals surface area contributed by atoms with Gasteiger partial charge in [-0.15, -0.1) is 11.3 Å². The van der Waals surface area contributed by atoms with Gasteiger partial charge in [0.2, 0.25) is 0 Å². The van der Waals surface area contributed by atoms with Gasteiger partial charge in [-0.1, -0.05) is 12.1 Å². The smallest absolute Gasteiger partial charge is 0.348 e. The zero-order chi connectivity index (χ0) is 20.5. The molecule has 150 valence electrons. The van der Waals surface area contributed by atoms with E-state index in [4.69, 9.17) is 9.72 Å². The van der Waals surface area contributed by atoms with Crippen molar-refractivity contribution in [1.82, 2.24) is 19.5 Å². The fourth-order valence-electron chi connectivity index (χ4n) is 3.60. The van der Waals surface area contributed by atoms with Crippen LogP contribution >= 0.6 is 11.3 Å². The molecular formula is C21H23N5O2S. The van der Waals surface area contributed by atoms with Crippen molar-refractivity contribution in [3.8, 4) is 0 Å². The summed E-state index contributed by atoms with van der Waals surface area (Å²) in [6.45, 7) is 9.05. The van der Waals surface area contributed by atoms with E-state index in [0.29, 0.717) is 17.3 Å². The van der Waals surface area contributed by atoms with Crippen LogP contribution in [0.5, 0.6) is 0 Å². The van der Waals surface area contributed by atoms with Crippen molar-refractivity contribution >= 4 is 44.4 Å². The summed E-state index contributed by atoms with van der Waals surface area (Å²) >= 11 is 1.33. The van der Waals surface area contributed by atoms with Crippen molar-refractivity contribution < 1.29 is 9.53 Å². The first-order chi connectivity index (χ1) is 14.0. The molecule has 1 unspecified atom stereocenters. The van der Waals surface area contributed by atoms with Crippen LogP contribution < -0.4 is 5.32 Å². The highest BCUT2D eigenvalue weighted by Gasteiger charge is 2.22. The molecule has 7 nitrogen and oxygen atoms in total. The highest BCUT2D eigenvalue weighted by molar-refractivity contribution is 7.20. The number of benzene rings is 1. The van der Waals surface area contributed by atoms with E-state index in [2.05, 4.69) is 39.8 Å². The monoisotopic (exact) mass is 409 g/mol. The topological polar surface area (TPSA) is 81.9 Å². The normalized spacial score (nSPS) is 12.4. The molecule has 1 aromatic carbocycles. The quantitative estimate of drug-likeness (QED) is 0.464. The summed E-state index contributed by atoms with van der Waals surface area (Å²) in [4.78, 5) is 27.2. The van der Waals surface area contributed by atoms with Gasteiger partial charge in [0.05, 0.1) is 29.1 Å². The summed E-state index contributed by atoms with van der Waals surface area (Å²) < 4.78 is 7.39. The van der Waals surface area contributed by atoms with Crippen LogP contribution in [0.4, 0.5) is 5.82 Å². The summed E-state index contributed by atoms with van der Waals surface area (Å²) in [5, 5.41) is 4.34. The molecule has 0 aliphatic carbocycles. The zero-order valence-corrected chi connectivity index (χ0v) is 17.7. The lowest BCUT2D eigenvalue weighted by atomic mass is 10.2. The number of rotatable bonds is 6. The van der Waals surface area contributed by atoms with Gasteiger partial charge >= 0.3 is 5.97 Å². The Kier molecular flexibility index (Phi) is 5.19. The molecule has 4 rings (SSSR count). The van der Waals surface area contributed by atoms with Gasteiger partial charge in [0.15, 0.2) is 0 Å². The molecule has 0 saturated heterocycles. The van der Waals surface area contributed by atoms with E-state index in [0.717, 1.165) is 39.2 Å². The molecule has 0 aliphatic heterocycles. The van der Waals surface area contributed by atoms with Crippen LogP contribution in [0.3, 0.4) is 0 Å². The van der Waals surface area contributed by atoms with E-state index < -0.39 is 0 Å². The van der Waals surface area contributed by atoms with Crippen LogP contribution in [0, 0.1) is 6.92 Å². The molecule has 0 bridgehead atoms. The highest BCUT2D eigenvalue weighted by atomic mass is 32.1. The Balaban J connectivity index is 1.74. The number of carbonyl (C=O) groups is 1. The molecule has 4 aromatic rings. The number of nitrogens with zero attached hydrogens (tertiary/aromatic N) is 4. The second kappa shape index (κ2) is 7.79. The van der Waals surface area contributed by atoms with Gasteiger partial charge in [0, 0.05) is 6.54 Å². The van der Waals surface area contributed by atoms with Crippen molar-refractivity contribution in [2.75, 3.05) is 11.9 Å². The van der Waals surface area contributed by atoms with Crippen LogP contribution in [-0.4, -0.2) is 32.1 Å². The Hall–Kier alpha value is -3.00. The lowest BCUT2D eigenvalue weighted by Crippen LogP contribution is -2.14. The minimum absolute atomic E-state index is 0.0780. The first kappa shape index (κ1) is 19.3. The predicted octanol–water partition coefficient (Wildman–Crippen LogP) is 4.72. The summed E-state index contributed by atoms with van der Waals surface area (Å²) in [6.07, 6.45) is 1.52. The number of fused-ring (bicyclic) bond motifs is 2. The molecule has 0 fully saturated rings. The average molecular weight is 410 g/mol. The molecule has 8 heteroatoms. The molecule has 0 radical (unpaired) electrons. The average Bonchev–Trinajstić information content (AvgIpc) is 3.26. The van der Waals surface area contributed by atoms with Gasteiger partial charge in [0.1, 0.15) is 27.7 Å². The lowest BCUT2D eigenvalue weighted by molar-refractivity contribution is 0.0531. The Labute approximate surface area is 172 Å².